The van der Waals surface area contributed by atoms with Gasteiger partial charge in [0.05, 0.1) is 23.1 Å². The summed E-state index contributed by atoms with van der Waals surface area (Å²) in [6, 6.07) is 10.9. The Morgan fingerprint density at radius 2 is 1.76 bits per heavy atom. The van der Waals surface area contributed by atoms with Crippen molar-refractivity contribution in [3.8, 4) is 0 Å². The van der Waals surface area contributed by atoms with E-state index in [1.54, 1.807) is 24.3 Å². The molecule has 7 nitrogen and oxygen atoms in total. The maximum atomic E-state index is 12.5. The number of hydrogen-bond donors (Lipinski definition) is 0. The van der Waals surface area contributed by atoms with Gasteiger partial charge in [0.1, 0.15) is 0 Å². The summed E-state index contributed by atoms with van der Waals surface area (Å²) in [6.07, 6.45) is 2.82. The van der Waals surface area contributed by atoms with E-state index in [9.17, 15) is 19.2 Å². The van der Waals surface area contributed by atoms with Crippen molar-refractivity contribution < 1.29 is 28.7 Å². The second-order valence-corrected chi connectivity index (χ2v) is 8.79. The third-order valence-electron chi connectivity index (χ3n) is 5.43. The van der Waals surface area contributed by atoms with Crippen LogP contribution in [0.1, 0.15) is 53.3 Å². The van der Waals surface area contributed by atoms with Crippen LogP contribution in [0.3, 0.4) is 0 Å². The molecule has 0 bridgehead atoms. The number of ether oxygens (including phenoxy) is 2. The van der Waals surface area contributed by atoms with Gasteiger partial charge >= 0.3 is 11.9 Å². The molecule has 1 saturated heterocycles. The number of halogens is 2. The van der Waals surface area contributed by atoms with Crippen molar-refractivity contribution in [1.82, 2.24) is 0 Å². The van der Waals surface area contributed by atoms with Crippen LogP contribution in [0.2, 0.25) is 10.0 Å². The monoisotopic (exact) mass is 505 g/mol. The maximum absolute atomic E-state index is 12.5. The molecular weight excluding hydrogens is 481 g/mol. The largest absolute Gasteiger partial charge is 0.462 e. The Balaban J connectivity index is 1.53. The molecule has 0 radical (unpaired) electrons. The third-order valence-corrected chi connectivity index (χ3v) is 5.98. The quantitative estimate of drug-likeness (QED) is 0.253. The second kappa shape index (κ2) is 12.0. The minimum atomic E-state index is -0.704. The number of anilines is 1. The number of ketones is 1. The molecule has 0 unspecified atom stereocenters. The fourth-order valence-corrected chi connectivity index (χ4v) is 4.05. The van der Waals surface area contributed by atoms with Gasteiger partial charge in [0.25, 0.3) is 0 Å². The van der Waals surface area contributed by atoms with Crippen LogP contribution in [0.4, 0.5) is 5.69 Å². The molecule has 0 saturated carbocycles. The summed E-state index contributed by atoms with van der Waals surface area (Å²) in [7, 11) is 0. The van der Waals surface area contributed by atoms with E-state index in [0.717, 1.165) is 19.3 Å². The van der Waals surface area contributed by atoms with Gasteiger partial charge in [-0.1, -0.05) is 43.0 Å². The summed E-state index contributed by atoms with van der Waals surface area (Å²) in [5.41, 5.74) is 1.15. The maximum Gasteiger partial charge on any atom is 0.338 e. The Hall–Kier alpha value is -2.90. The van der Waals surface area contributed by atoms with Crippen molar-refractivity contribution in [2.75, 3.05) is 24.7 Å². The van der Waals surface area contributed by atoms with E-state index in [4.69, 9.17) is 32.7 Å². The van der Waals surface area contributed by atoms with Gasteiger partial charge < -0.3 is 14.4 Å². The first-order chi connectivity index (χ1) is 16.3. The van der Waals surface area contributed by atoms with Crippen LogP contribution in [-0.4, -0.2) is 43.4 Å². The predicted molar refractivity (Wildman–Crippen MR) is 128 cm³/mol. The number of benzene rings is 2. The van der Waals surface area contributed by atoms with Crippen LogP contribution in [-0.2, 0) is 19.1 Å². The van der Waals surface area contributed by atoms with E-state index in [1.807, 2.05) is 0 Å². The molecule has 1 aliphatic heterocycles. The highest BCUT2D eigenvalue weighted by Gasteiger charge is 2.36. The van der Waals surface area contributed by atoms with Crippen molar-refractivity contribution in [2.45, 2.75) is 32.6 Å². The molecule has 0 aromatic heterocycles. The Morgan fingerprint density at radius 3 is 2.44 bits per heavy atom. The van der Waals surface area contributed by atoms with E-state index in [1.165, 1.54) is 23.1 Å². The Kier molecular flexibility index (Phi) is 9.07. The average molecular weight is 506 g/mol. The highest BCUT2D eigenvalue weighted by atomic mass is 35.5. The lowest BCUT2D eigenvalue weighted by molar-refractivity contribution is -0.147. The van der Waals surface area contributed by atoms with Gasteiger partial charge in [-0.15, -0.1) is 0 Å². The topological polar surface area (TPSA) is 90.0 Å². The van der Waals surface area contributed by atoms with Gasteiger partial charge in [-0.25, -0.2) is 4.79 Å². The molecule has 0 N–H and O–H groups in total. The molecule has 1 heterocycles. The first-order valence-corrected chi connectivity index (χ1v) is 11.8. The summed E-state index contributed by atoms with van der Waals surface area (Å²) in [5, 5.41) is 0.559. The smallest absolute Gasteiger partial charge is 0.338 e. The summed E-state index contributed by atoms with van der Waals surface area (Å²) in [6.45, 7) is 2.07. The molecule has 2 aromatic carbocycles. The molecule has 2 aromatic rings. The van der Waals surface area contributed by atoms with Gasteiger partial charge in [-0.2, -0.15) is 0 Å². The number of carbonyl (C=O) groups is 4. The lowest BCUT2D eigenvalue weighted by atomic mass is 10.1. The summed E-state index contributed by atoms with van der Waals surface area (Å²) in [4.78, 5) is 50.8. The van der Waals surface area contributed by atoms with E-state index in [2.05, 4.69) is 6.92 Å². The zero-order valence-electron chi connectivity index (χ0n) is 18.7. The number of hydrogen-bond acceptors (Lipinski definition) is 6. The number of rotatable bonds is 10. The summed E-state index contributed by atoms with van der Waals surface area (Å²) >= 11 is 11.8. The minimum absolute atomic E-state index is 0.0318. The fraction of sp³-hybridized carbons (Fsp3) is 0.360. The van der Waals surface area contributed by atoms with Crippen molar-refractivity contribution in [1.29, 1.82) is 0 Å². The molecule has 9 heteroatoms. The highest BCUT2D eigenvalue weighted by Crippen LogP contribution is 2.27. The van der Waals surface area contributed by atoms with Crippen LogP contribution < -0.4 is 4.90 Å². The van der Waals surface area contributed by atoms with E-state index < -0.39 is 30.2 Å². The first-order valence-electron chi connectivity index (χ1n) is 11.0. The summed E-state index contributed by atoms with van der Waals surface area (Å²) in [5.74, 6) is -2.47. The Labute approximate surface area is 207 Å². The van der Waals surface area contributed by atoms with Crippen molar-refractivity contribution in [3.05, 3.63) is 63.6 Å². The van der Waals surface area contributed by atoms with Crippen LogP contribution in [0.5, 0.6) is 0 Å². The van der Waals surface area contributed by atoms with Gasteiger partial charge in [0.2, 0.25) is 11.7 Å². The Morgan fingerprint density at radius 1 is 1.03 bits per heavy atom. The van der Waals surface area contributed by atoms with Gasteiger partial charge in [-0.3, -0.25) is 14.4 Å². The molecule has 1 amide bonds. The number of nitrogens with zero attached hydrogens (tertiary/aromatic N) is 1. The zero-order valence-corrected chi connectivity index (χ0v) is 20.2. The zero-order chi connectivity index (χ0) is 24.7. The van der Waals surface area contributed by atoms with E-state index in [0.29, 0.717) is 22.9 Å². The van der Waals surface area contributed by atoms with E-state index in [-0.39, 0.29) is 29.5 Å². The van der Waals surface area contributed by atoms with Gasteiger partial charge in [0, 0.05) is 29.2 Å². The lowest BCUT2D eigenvalue weighted by Gasteiger charge is -2.17. The number of Topliss-reactive ketones (excluding diaryl/α,β-unsaturated/α-hetero) is 1. The molecule has 3 rings (SSSR count). The van der Waals surface area contributed by atoms with Gasteiger partial charge in [0.15, 0.2) is 6.61 Å². The standard InChI is InChI=1S/C25H25Cl2NO6/c1-2-3-4-11-33-24(31)16-5-8-19(9-6-16)28-14-17(12-23(28)30)25(32)34-15-22(29)20-10-7-18(26)13-21(20)27/h5-10,13,17H,2-4,11-12,14-15H2,1H3/t17-/m1/s1. The molecular formula is C25H25Cl2NO6. The number of amides is 1. The normalized spacial score (nSPS) is 15.3. The molecule has 0 aliphatic carbocycles. The average Bonchev–Trinajstić information content (AvgIpc) is 3.21. The number of carbonyl (C=O) groups excluding carboxylic acids is 4. The molecule has 1 aliphatic rings. The second-order valence-electron chi connectivity index (χ2n) is 7.95. The predicted octanol–water partition coefficient (Wildman–Crippen LogP) is 5.12. The Bertz CT molecular complexity index is 1070. The van der Waals surface area contributed by atoms with Crippen LogP contribution in [0.15, 0.2) is 42.5 Å². The van der Waals surface area contributed by atoms with Gasteiger partial charge in [-0.05, 0) is 48.9 Å². The van der Waals surface area contributed by atoms with Crippen molar-refractivity contribution in [3.63, 3.8) is 0 Å². The SMILES string of the molecule is CCCCCOC(=O)c1ccc(N2C[C@H](C(=O)OCC(=O)c3ccc(Cl)cc3Cl)CC2=O)cc1. The van der Waals surface area contributed by atoms with Crippen LogP contribution >= 0.6 is 23.2 Å². The van der Waals surface area contributed by atoms with Crippen LogP contribution in [0, 0.1) is 5.92 Å². The third kappa shape index (κ3) is 6.58. The fourth-order valence-electron chi connectivity index (χ4n) is 3.54. The first kappa shape index (κ1) is 25.7. The molecule has 34 heavy (non-hydrogen) atoms. The van der Waals surface area contributed by atoms with Crippen molar-refractivity contribution >= 4 is 52.5 Å². The molecule has 1 fully saturated rings. The highest BCUT2D eigenvalue weighted by molar-refractivity contribution is 6.36. The number of unbranched alkanes of at least 4 members (excludes halogenated alkanes) is 2. The van der Waals surface area contributed by atoms with E-state index >= 15 is 0 Å². The summed E-state index contributed by atoms with van der Waals surface area (Å²) < 4.78 is 10.4. The molecule has 1 atom stereocenters. The van der Waals surface area contributed by atoms with Crippen LogP contribution in [0.25, 0.3) is 0 Å². The minimum Gasteiger partial charge on any atom is -0.462 e. The lowest BCUT2D eigenvalue weighted by Crippen LogP contribution is -2.27. The molecule has 180 valence electrons. The molecule has 0 spiro atoms. The number of esters is 2. The van der Waals surface area contributed by atoms with Crippen molar-refractivity contribution in [2.24, 2.45) is 5.92 Å².